The molecule has 5 nitrogen and oxygen atoms in total. The Kier molecular flexibility index (Phi) is 2.74. The number of nitrogens with zero attached hydrogens (tertiary/aromatic N) is 3. The molecule has 1 aliphatic rings. The third kappa shape index (κ3) is 1.77. The number of Topliss-reactive ketones (excluding diaryl/α,β-unsaturated/α-hetero) is 1. The van der Waals surface area contributed by atoms with Crippen LogP contribution in [0.2, 0.25) is 0 Å². The van der Waals surface area contributed by atoms with E-state index in [4.69, 9.17) is 0 Å². The maximum atomic E-state index is 12.3. The zero-order chi connectivity index (χ0) is 12.7. The van der Waals surface area contributed by atoms with Crippen molar-refractivity contribution >= 4 is 27.3 Å². The average molecular weight is 263 g/mol. The summed E-state index contributed by atoms with van der Waals surface area (Å²) in [7, 11) is 0. The van der Waals surface area contributed by atoms with Crippen LogP contribution in [-0.2, 0) is 24.2 Å². The van der Waals surface area contributed by atoms with E-state index in [1.807, 2.05) is 0 Å². The Hall–Kier alpha value is -1.56. The molecular formula is C12H13N3O2S. The van der Waals surface area contributed by atoms with E-state index in [0.29, 0.717) is 10.2 Å². The summed E-state index contributed by atoms with van der Waals surface area (Å²) in [5, 5.41) is 8.60. The number of aromatic nitrogens is 3. The van der Waals surface area contributed by atoms with Gasteiger partial charge in [-0.3, -0.25) is 9.59 Å². The molecule has 0 aliphatic heterocycles. The first-order valence-electron chi connectivity index (χ1n) is 6.04. The molecule has 0 unspecified atom stereocenters. The van der Waals surface area contributed by atoms with Crippen LogP contribution in [0, 0.1) is 0 Å². The van der Waals surface area contributed by atoms with Crippen LogP contribution >= 0.6 is 11.3 Å². The van der Waals surface area contributed by atoms with Crippen LogP contribution in [-0.4, -0.2) is 20.8 Å². The summed E-state index contributed by atoms with van der Waals surface area (Å²) in [6, 6.07) is 0. The van der Waals surface area contributed by atoms with Gasteiger partial charge in [0.15, 0.2) is 10.6 Å². The van der Waals surface area contributed by atoms with E-state index in [2.05, 4.69) is 10.3 Å². The van der Waals surface area contributed by atoms with Crippen molar-refractivity contribution in [3.8, 4) is 0 Å². The lowest BCUT2D eigenvalue weighted by Crippen LogP contribution is -2.27. The minimum atomic E-state index is -0.172. The quantitative estimate of drug-likeness (QED) is 0.819. The summed E-state index contributed by atoms with van der Waals surface area (Å²) in [5.41, 5.74) is 0.966. The van der Waals surface area contributed by atoms with Crippen LogP contribution in [0.15, 0.2) is 4.79 Å². The van der Waals surface area contributed by atoms with Gasteiger partial charge in [0, 0.05) is 4.88 Å². The van der Waals surface area contributed by atoms with Gasteiger partial charge in [-0.05, 0) is 38.2 Å². The van der Waals surface area contributed by atoms with Gasteiger partial charge in [-0.1, -0.05) is 5.21 Å². The molecule has 0 saturated heterocycles. The Balaban J connectivity index is 2.24. The Bertz CT molecular complexity index is 686. The van der Waals surface area contributed by atoms with Crippen LogP contribution in [0.25, 0.3) is 10.2 Å². The largest absolute Gasteiger partial charge is 0.298 e. The second kappa shape index (κ2) is 4.28. The fourth-order valence-electron chi connectivity index (χ4n) is 2.42. The molecule has 0 bridgehead atoms. The number of hydrogen-bond acceptors (Lipinski definition) is 5. The molecule has 0 N–H and O–H groups in total. The number of carbonyl (C=O) groups excluding carboxylic acids is 1. The highest BCUT2D eigenvalue weighted by Gasteiger charge is 2.20. The van der Waals surface area contributed by atoms with E-state index in [1.54, 1.807) is 11.3 Å². The standard InChI is InChI=1S/C12H13N3O2S/c1-7(16)6-15-12(17)10-8-4-2-3-5-9(8)18-11(10)13-14-15/h2-6H2,1H3. The summed E-state index contributed by atoms with van der Waals surface area (Å²) in [6.45, 7) is 1.45. The van der Waals surface area contributed by atoms with Crippen molar-refractivity contribution in [3.05, 3.63) is 20.8 Å². The second-order valence-corrected chi connectivity index (χ2v) is 5.73. The van der Waals surface area contributed by atoms with Crippen molar-refractivity contribution in [1.29, 1.82) is 0 Å². The third-order valence-corrected chi connectivity index (χ3v) is 4.39. The van der Waals surface area contributed by atoms with Gasteiger partial charge in [-0.15, -0.1) is 16.4 Å². The SMILES string of the molecule is CC(=O)Cn1nnc2sc3c(c2c1=O)CCCC3. The normalized spacial score (nSPS) is 14.7. The molecule has 0 aromatic carbocycles. The third-order valence-electron chi connectivity index (χ3n) is 3.22. The van der Waals surface area contributed by atoms with Crippen molar-refractivity contribution in [1.82, 2.24) is 15.0 Å². The lowest BCUT2D eigenvalue weighted by atomic mass is 9.97. The molecule has 2 heterocycles. The minimum Gasteiger partial charge on any atom is -0.298 e. The fourth-order valence-corrected chi connectivity index (χ4v) is 3.62. The molecule has 2 aromatic heterocycles. The van der Waals surface area contributed by atoms with Crippen molar-refractivity contribution in [2.45, 2.75) is 39.2 Å². The zero-order valence-electron chi connectivity index (χ0n) is 10.1. The zero-order valence-corrected chi connectivity index (χ0v) is 10.9. The molecule has 0 radical (unpaired) electrons. The monoisotopic (exact) mass is 263 g/mol. The molecule has 2 aromatic rings. The highest BCUT2D eigenvalue weighted by molar-refractivity contribution is 7.18. The van der Waals surface area contributed by atoms with Crippen molar-refractivity contribution in [3.63, 3.8) is 0 Å². The minimum absolute atomic E-state index is 0.00634. The van der Waals surface area contributed by atoms with Gasteiger partial charge >= 0.3 is 0 Å². The Labute approximate surface area is 107 Å². The fraction of sp³-hybridized carbons (Fsp3) is 0.500. The number of aryl methyl sites for hydroxylation is 2. The number of carbonyl (C=O) groups is 1. The van der Waals surface area contributed by atoms with Crippen LogP contribution < -0.4 is 5.56 Å². The average Bonchev–Trinajstić information content (AvgIpc) is 2.71. The van der Waals surface area contributed by atoms with E-state index < -0.39 is 0 Å². The predicted octanol–water partition coefficient (Wildman–Crippen LogP) is 1.32. The van der Waals surface area contributed by atoms with Gasteiger partial charge < -0.3 is 0 Å². The lowest BCUT2D eigenvalue weighted by molar-refractivity contribution is -0.117. The van der Waals surface area contributed by atoms with E-state index in [1.165, 1.54) is 22.9 Å². The van der Waals surface area contributed by atoms with Gasteiger partial charge in [0.25, 0.3) is 5.56 Å². The van der Waals surface area contributed by atoms with Crippen LogP contribution in [0.5, 0.6) is 0 Å². The number of hydrogen-bond donors (Lipinski definition) is 0. The van der Waals surface area contributed by atoms with E-state index in [-0.39, 0.29) is 17.9 Å². The smallest absolute Gasteiger partial charge is 0.279 e. The van der Waals surface area contributed by atoms with Crippen LogP contribution in [0.3, 0.4) is 0 Å². The molecule has 3 rings (SSSR count). The van der Waals surface area contributed by atoms with E-state index in [9.17, 15) is 9.59 Å². The van der Waals surface area contributed by atoms with Crippen molar-refractivity contribution in [2.75, 3.05) is 0 Å². The van der Waals surface area contributed by atoms with Crippen LogP contribution in [0.4, 0.5) is 0 Å². The number of rotatable bonds is 2. The Morgan fingerprint density at radius 1 is 1.39 bits per heavy atom. The molecule has 0 amide bonds. The van der Waals surface area contributed by atoms with E-state index >= 15 is 0 Å². The molecular weight excluding hydrogens is 250 g/mol. The first-order valence-corrected chi connectivity index (χ1v) is 6.86. The first kappa shape index (κ1) is 11.5. The summed E-state index contributed by atoms with van der Waals surface area (Å²) >= 11 is 1.57. The summed E-state index contributed by atoms with van der Waals surface area (Å²) in [5.74, 6) is -0.0881. The topological polar surface area (TPSA) is 64.8 Å². The first-order chi connectivity index (χ1) is 8.66. The molecule has 1 aliphatic carbocycles. The van der Waals surface area contributed by atoms with Gasteiger partial charge in [0.05, 0.1) is 5.39 Å². The summed E-state index contributed by atoms with van der Waals surface area (Å²) in [4.78, 5) is 25.4. The van der Waals surface area contributed by atoms with Gasteiger partial charge in [-0.25, -0.2) is 4.68 Å². The number of thiophene rings is 1. The molecule has 18 heavy (non-hydrogen) atoms. The van der Waals surface area contributed by atoms with E-state index in [0.717, 1.165) is 24.8 Å². The Morgan fingerprint density at radius 3 is 2.94 bits per heavy atom. The summed E-state index contributed by atoms with van der Waals surface area (Å²) in [6.07, 6.45) is 4.26. The Morgan fingerprint density at radius 2 is 2.17 bits per heavy atom. The highest BCUT2D eigenvalue weighted by atomic mass is 32.1. The predicted molar refractivity (Wildman–Crippen MR) is 69.0 cm³/mol. The second-order valence-electron chi connectivity index (χ2n) is 4.65. The molecule has 0 saturated carbocycles. The van der Waals surface area contributed by atoms with Crippen molar-refractivity contribution < 1.29 is 4.79 Å². The molecule has 0 atom stereocenters. The van der Waals surface area contributed by atoms with Gasteiger partial charge in [0.1, 0.15) is 6.54 Å². The van der Waals surface area contributed by atoms with Gasteiger partial charge in [0.2, 0.25) is 0 Å². The number of fused-ring (bicyclic) bond motifs is 3. The lowest BCUT2D eigenvalue weighted by Gasteiger charge is -2.09. The molecule has 0 spiro atoms. The highest BCUT2D eigenvalue weighted by Crippen LogP contribution is 2.32. The van der Waals surface area contributed by atoms with Crippen molar-refractivity contribution in [2.24, 2.45) is 0 Å². The maximum Gasteiger partial charge on any atom is 0.279 e. The molecule has 6 heteroatoms. The van der Waals surface area contributed by atoms with Gasteiger partial charge in [-0.2, -0.15) is 0 Å². The number of ketones is 1. The van der Waals surface area contributed by atoms with Crippen LogP contribution in [0.1, 0.15) is 30.2 Å². The molecule has 0 fully saturated rings. The summed E-state index contributed by atoms with van der Waals surface area (Å²) < 4.78 is 1.17. The molecule has 94 valence electrons. The maximum absolute atomic E-state index is 12.3.